The number of carbonyl (C=O) groups excluding carboxylic acids is 3. The molecule has 1 aliphatic heterocycles. The summed E-state index contributed by atoms with van der Waals surface area (Å²) in [5, 5.41) is 12.7. The zero-order valence-electron chi connectivity index (χ0n) is 23.1. The molecule has 0 saturated heterocycles. The number of benzene rings is 1. The highest BCUT2D eigenvalue weighted by Gasteiger charge is 2.34. The Kier molecular flexibility index (Phi) is 9.68. The van der Waals surface area contributed by atoms with Crippen LogP contribution >= 0.6 is 0 Å². The number of pyridine rings is 1. The molecule has 206 valence electrons. The third-order valence-electron chi connectivity index (χ3n) is 6.72. The smallest absolute Gasteiger partial charge is 0.317 e. The maximum Gasteiger partial charge on any atom is 0.317 e. The van der Waals surface area contributed by atoms with Gasteiger partial charge >= 0.3 is 6.03 Å². The second kappa shape index (κ2) is 12.7. The van der Waals surface area contributed by atoms with Crippen LogP contribution in [0.3, 0.4) is 0 Å². The molecule has 0 unspecified atom stereocenters. The van der Waals surface area contributed by atoms with Crippen molar-refractivity contribution in [3.05, 3.63) is 47.7 Å². The molecule has 4 amide bonds. The monoisotopic (exact) mass is 525 g/mol. The van der Waals surface area contributed by atoms with Crippen LogP contribution in [0.5, 0.6) is 5.88 Å². The van der Waals surface area contributed by atoms with Gasteiger partial charge in [0, 0.05) is 57.5 Å². The molecule has 38 heavy (non-hydrogen) atoms. The van der Waals surface area contributed by atoms with Gasteiger partial charge in [-0.25, -0.2) is 9.78 Å². The van der Waals surface area contributed by atoms with Crippen molar-refractivity contribution in [2.75, 3.05) is 47.4 Å². The van der Waals surface area contributed by atoms with Gasteiger partial charge < -0.3 is 29.9 Å². The maximum absolute atomic E-state index is 13.7. The van der Waals surface area contributed by atoms with E-state index in [1.807, 2.05) is 26.0 Å². The van der Waals surface area contributed by atoms with Gasteiger partial charge in [0.25, 0.3) is 11.8 Å². The number of carbonyl (C=O) groups is 3. The van der Waals surface area contributed by atoms with E-state index in [0.717, 1.165) is 12.0 Å². The number of hydrogen-bond donors (Lipinski definition) is 2. The van der Waals surface area contributed by atoms with Crippen LogP contribution in [0.25, 0.3) is 11.1 Å². The number of urea groups is 1. The van der Waals surface area contributed by atoms with E-state index < -0.39 is 12.1 Å². The second-order valence-corrected chi connectivity index (χ2v) is 10.1. The fourth-order valence-electron chi connectivity index (χ4n) is 4.26. The summed E-state index contributed by atoms with van der Waals surface area (Å²) in [7, 11) is 5.11. The Morgan fingerprint density at radius 1 is 1.21 bits per heavy atom. The summed E-state index contributed by atoms with van der Waals surface area (Å²) in [5.74, 6) is -0.328. The number of fused-ring (bicyclic) bond motifs is 1. The molecular weight excluding hydrogens is 486 g/mol. The van der Waals surface area contributed by atoms with Gasteiger partial charge in [0.15, 0.2) is 0 Å². The number of amides is 4. The van der Waals surface area contributed by atoms with E-state index in [4.69, 9.17) is 4.74 Å². The molecule has 3 atom stereocenters. The lowest BCUT2D eigenvalue weighted by Crippen LogP contribution is -2.51. The summed E-state index contributed by atoms with van der Waals surface area (Å²) in [4.78, 5) is 47.6. The van der Waals surface area contributed by atoms with Crippen LogP contribution in [-0.2, 0) is 0 Å². The van der Waals surface area contributed by atoms with Crippen molar-refractivity contribution < 1.29 is 24.2 Å². The molecule has 3 rings (SSSR count). The summed E-state index contributed by atoms with van der Waals surface area (Å²) in [6.45, 7) is 6.79. The highest BCUT2D eigenvalue weighted by Crippen LogP contribution is 2.30. The fourth-order valence-corrected chi connectivity index (χ4v) is 4.26. The molecular formula is C28H39N5O5. The van der Waals surface area contributed by atoms with Crippen molar-refractivity contribution in [3.63, 3.8) is 0 Å². The van der Waals surface area contributed by atoms with Gasteiger partial charge in [-0.2, -0.15) is 0 Å². The molecule has 2 N–H and O–H groups in total. The molecule has 0 radical (unpaired) electrons. The SMILES string of the molecule is CCCNC(=O)N(C)C[C@H]1Oc2ncc(-c3ccc(C(=O)N(C)C)cc3)cc2C(=O)N([C@@H](C)CO)C[C@@H]1C. The Bertz CT molecular complexity index is 1140. The van der Waals surface area contributed by atoms with E-state index in [9.17, 15) is 19.5 Å². The Morgan fingerprint density at radius 2 is 1.89 bits per heavy atom. The van der Waals surface area contributed by atoms with Gasteiger partial charge in [0.05, 0.1) is 19.2 Å². The first-order chi connectivity index (χ1) is 18.1. The van der Waals surface area contributed by atoms with Gasteiger partial charge in [0.1, 0.15) is 11.7 Å². The molecule has 2 heterocycles. The lowest BCUT2D eigenvalue weighted by atomic mass is 9.99. The highest BCUT2D eigenvalue weighted by molar-refractivity contribution is 5.98. The summed E-state index contributed by atoms with van der Waals surface area (Å²) in [6, 6.07) is 8.24. The van der Waals surface area contributed by atoms with Gasteiger partial charge in [-0.1, -0.05) is 26.0 Å². The zero-order chi connectivity index (χ0) is 28.0. The van der Waals surface area contributed by atoms with E-state index >= 15 is 0 Å². The van der Waals surface area contributed by atoms with Crippen LogP contribution in [0.1, 0.15) is 47.9 Å². The largest absolute Gasteiger partial charge is 0.472 e. The predicted molar refractivity (Wildman–Crippen MR) is 145 cm³/mol. The molecule has 0 bridgehead atoms. The minimum atomic E-state index is -0.428. The van der Waals surface area contributed by atoms with Gasteiger partial charge in [0.2, 0.25) is 5.88 Å². The fraction of sp³-hybridized carbons (Fsp3) is 0.500. The number of rotatable bonds is 8. The minimum Gasteiger partial charge on any atom is -0.472 e. The van der Waals surface area contributed by atoms with Crippen LogP contribution in [-0.4, -0.2) is 102 Å². The van der Waals surface area contributed by atoms with E-state index in [1.54, 1.807) is 62.3 Å². The van der Waals surface area contributed by atoms with Gasteiger partial charge in [-0.3, -0.25) is 9.59 Å². The lowest BCUT2D eigenvalue weighted by Gasteiger charge is -2.37. The number of aliphatic hydroxyl groups is 1. The number of nitrogens with one attached hydrogen (secondary N) is 1. The number of likely N-dealkylation sites (N-methyl/N-ethyl adjacent to an activating group) is 1. The second-order valence-electron chi connectivity index (χ2n) is 10.1. The van der Waals surface area contributed by atoms with E-state index in [0.29, 0.717) is 30.8 Å². The summed E-state index contributed by atoms with van der Waals surface area (Å²) in [6.07, 6.45) is 2.04. The van der Waals surface area contributed by atoms with Crippen molar-refractivity contribution in [2.24, 2.45) is 5.92 Å². The number of aromatic nitrogens is 1. The Labute approximate surface area is 224 Å². The average molecular weight is 526 g/mol. The van der Waals surface area contributed by atoms with Crippen LogP contribution in [0, 0.1) is 5.92 Å². The number of nitrogens with zero attached hydrogens (tertiary/aromatic N) is 4. The quantitative estimate of drug-likeness (QED) is 0.548. The molecule has 10 nitrogen and oxygen atoms in total. The van der Waals surface area contributed by atoms with Crippen molar-refractivity contribution in [3.8, 4) is 17.0 Å². The van der Waals surface area contributed by atoms with Crippen molar-refractivity contribution >= 4 is 17.8 Å². The minimum absolute atomic E-state index is 0.0985. The Balaban J connectivity index is 1.96. The first-order valence-electron chi connectivity index (χ1n) is 13.0. The Morgan fingerprint density at radius 3 is 2.50 bits per heavy atom. The molecule has 1 aliphatic rings. The molecule has 1 aromatic carbocycles. The number of aliphatic hydroxyl groups excluding tert-OH is 1. The number of hydrogen-bond acceptors (Lipinski definition) is 6. The van der Waals surface area contributed by atoms with Crippen LogP contribution in [0.2, 0.25) is 0 Å². The van der Waals surface area contributed by atoms with Gasteiger partial charge in [-0.15, -0.1) is 0 Å². The van der Waals surface area contributed by atoms with Crippen molar-refractivity contribution in [1.82, 2.24) is 25.0 Å². The van der Waals surface area contributed by atoms with Crippen molar-refractivity contribution in [2.45, 2.75) is 39.3 Å². The molecule has 10 heteroatoms. The van der Waals surface area contributed by atoms with E-state index in [2.05, 4.69) is 10.3 Å². The molecule has 2 aromatic rings. The molecule has 1 aromatic heterocycles. The summed E-state index contributed by atoms with van der Waals surface area (Å²) < 4.78 is 6.28. The van der Waals surface area contributed by atoms with Crippen LogP contribution in [0.15, 0.2) is 36.5 Å². The zero-order valence-corrected chi connectivity index (χ0v) is 23.1. The summed E-state index contributed by atoms with van der Waals surface area (Å²) in [5.41, 5.74) is 2.34. The highest BCUT2D eigenvalue weighted by atomic mass is 16.5. The van der Waals surface area contributed by atoms with Crippen LogP contribution in [0.4, 0.5) is 4.79 Å². The lowest BCUT2D eigenvalue weighted by molar-refractivity contribution is 0.0352. The molecule has 0 spiro atoms. The topological polar surface area (TPSA) is 115 Å². The first kappa shape index (κ1) is 28.9. The standard InChI is InChI=1S/C28H39N5O5/c1-7-12-29-28(37)32(6)16-24-18(2)15-33(19(3)17-34)27(36)23-13-22(14-30-25(23)38-24)20-8-10-21(11-9-20)26(35)31(4)5/h8-11,13-14,18-19,24,34H,7,12,15-17H2,1-6H3,(H,29,37)/t18-,19-,24+/m0/s1. The summed E-state index contributed by atoms with van der Waals surface area (Å²) >= 11 is 0. The molecule has 0 saturated carbocycles. The molecule has 0 fully saturated rings. The van der Waals surface area contributed by atoms with Gasteiger partial charge in [-0.05, 0) is 37.1 Å². The predicted octanol–water partition coefficient (Wildman–Crippen LogP) is 2.72. The molecule has 0 aliphatic carbocycles. The number of ether oxygens (including phenoxy) is 1. The Hall–Kier alpha value is -3.66. The van der Waals surface area contributed by atoms with Crippen molar-refractivity contribution in [1.29, 1.82) is 0 Å². The normalized spacial score (nSPS) is 18.0. The maximum atomic E-state index is 13.7. The third-order valence-corrected chi connectivity index (χ3v) is 6.72. The first-order valence-corrected chi connectivity index (χ1v) is 13.0. The van der Waals surface area contributed by atoms with E-state index in [1.165, 1.54) is 4.90 Å². The third kappa shape index (κ3) is 6.61. The van der Waals surface area contributed by atoms with Crippen LogP contribution < -0.4 is 10.1 Å². The average Bonchev–Trinajstić information content (AvgIpc) is 2.92. The van der Waals surface area contributed by atoms with E-state index in [-0.39, 0.29) is 41.8 Å².